The largest absolute Gasteiger partial charge is 0.479 e. The maximum absolute atomic E-state index is 10.8. The van der Waals surface area contributed by atoms with Crippen molar-refractivity contribution >= 4 is 50.3 Å². The molecule has 0 aliphatic heterocycles. The van der Waals surface area contributed by atoms with E-state index in [1.54, 1.807) is 12.1 Å². The first kappa shape index (κ1) is 13.5. The zero-order valence-corrected chi connectivity index (χ0v) is 11.6. The number of carboxylic acids is 1. The van der Waals surface area contributed by atoms with Crippen molar-refractivity contribution in [1.29, 1.82) is 0 Å². The minimum absolute atomic E-state index is 0.228. The van der Waals surface area contributed by atoms with Crippen molar-refractivity contribution in [2.24, 2.45) is 0 Å². The Bertz CT molecular complexity index is 421. The lowest BCUT2D eigenvalue weighted by atomic mass is 10.2. The lowest BCUT2D eigenvalue weighted by molar-refractivity contribution is 0.0696. The van der Waals surface area contributed by atoms with Crippen molar-refractivity contribution in [2.75, 3.05) is 6.61 Å². The smallest absolute Gasteiger partial charge is 0.336 e. The Kier molecular flexibility index (Phi) is 5.24. The van der Waals surface area contributed by atoms with Crippen LogP contribution in [0.4, 0.5) is 0 Å². The van der Waals surface area contributed by atoms with Crippen LogP contribution >= 0.6 is 39.9 Å². The predicted octanol–water partition coefficient (Wildman–Crippen LogP) is 3.56. The van der Waals surface area contributed by atoms with E-state index in [9.17, 15) is 4.79 Å². The van der Waals surface area contributed by atoms with Gasteiger partial charge in [0.25, 0.3) is 0 Å². The Balaban J connectivity index is 2.81. The standard InChI is InChI=1S/C10H9BrO3S2/c1-2-14-10(15)16-6-3-4-7(9(12)13)8(11)5-6/h3-5H,2H2,1H3,(H,12,13). The van der Waals surface area contributed by atoms with Gasteiger partial charge in [0.15, 0.2) is 0 Å². The summed E-state index contributed by atoms with van der Waals surface area (Å²) >= 11 is 9.46. The number of halogens is 1. The third kappa shape index (κ3) is 3.77. The van der Waals surface area contributed by atoms with Gasteiger partial charge < -0.3 is 9.84 Å². The molecule has 0 aliphatic rings. The van der Waals surface area contributed by atoms with Gasteiger partial charge in [0.2, 0.25) is 4.38 Å². The number of aromatic carboxylic acids is 1. The lowest BCUT2D eigenvalue weighted by Crippen LogP contribution is -1.98. The fraction of sp³-hybridized carbons (Fsp3) is 0.200. The van der Waals surface area contributed by atoms with E-state index in [1.165, 1.54) is 17.8 Å². The van der Waals surface area contributed by atoms with E-state index >= 15 is 0 Å². The fourth-order valence-corrected chi connectivity index (χ4v) is 2.76. The molecular weight excluding hydrogens is 312 g/mol. The van der Waals surface area contributed by atoms with E-state index in [0.29, 0.717) is 15.5 Å². The van der Waals surface area contributed by atoms with Crippen molar-refractivity contribution in [2.45, 2.75) is 11.8 Å². The van der Waals surface area contributed by atoms with Gasteiger partial charge in [0, 0.05) is 9.37 Å². The molecule has 1 aromatic carbocycles. The summed E-state index contributed by atoms with van der Waals surface area (Å²) < 4.78 is 6.09. The van der Waals surface area contributed by atoms with Crippen LogP contribution in [0.5, 0.6) is 0 Å². The molecule has 0 saturated heterocycles. The Labute approximate surface area is 111 Å². The van der Waals surface area contributed by atoms with Gasteiger partial charge in [0.05, 0.1) is 12.2 Å². The molecule has 0 saturated carbocycles. The second-order valence-corrected chi connectivity index (χ2v) is 5.26. The van der Waals surface area contributed by atoms with Crippen molar-refractivity contribution in [3.8, 4) is 0 Å². The van der Waals surface area contributed by atoms with Gasteiger partial charge in [-0.15, -0.1) is 0 Å². The van der Waals surface area contributed by atoms with Crippen LogP contribution in [-0.2, 0) is 4.74 Å². The third-order valence-corrected chi connectivity index (χ3v) is 3.43. The number of ether oxygens (including phenoxy) is 1. The minimum atomic E-state index is -0.962. The van der Waals surface area contributed by atoms with Gasteiger partial charge in [-0.05, 0) is 65.0 Å². The highest BCUT2D eigenvalue weighted by molar-refractivity contribution is 9.10. The average molecular weight is 321 g/mol. The number of rotatable bonds is 3. The van der Waals surface area contributed by atoms with Crippen molar-refractivity contribution in [3.63, 3.8) is 0 Å². The SMILES string of the molecule is CCOC(=S)Sc1ccc(C(=O)O)c(Br)c1. The Morgan fingerprint density at radius 1 is 1.62 bits per heavy atom. The predicted molar refractivity (Wildman–Crippen MR) is 71.2 cm³/mol. The summed E-state index contributed by atoms with van der Waals surface area (Å²) in [6.45, 7) is 2.39. The maximum Gasteiger partial charge on any atom is 0.336 e. The molecular formula is C10H9BrO3S2. The van der Waals surface area contributed by atoms with Crippen molar-refractivity contribution in [1.82, 2.24) is 0 Å². The zero-order chi connectivity index (χ0) is 12.1. The van der Waals surface area contributed by atoms with Gasteiger partial charge in [-0.3, -0.25) is 0 Å². The molecule has 1 aromatic rings. The van der Waals surface area contributed by atoms with Gasteiger partial charge in [-0.2, -0.15) is 0 Å². The molecule has 0 heterocycles. The van der Waals surface area contributed by atoms with E-state index in [2.05, 4.69) is 15.9 Å². The van der Waals surface area contributed by atoms with Crippen LogP contribution in [-0.4, -0.2) is 22.1 Å². The molecule has 6 heteroatoms. The quantitative estimate of drug-likeness (QED) is 0.681. The molecule has 0 bridgehead atoms. The second kappa shape index (κ2) is 6.22. The molecule has 0 amide bonds. The fourth-order valence-electron chi connectivity index (χ4n) is 0.976. The number of carboxylic acid groups (broad SMARTS) is 1. The topological polar surface area (TPSA) is 46.5 Å². The number of thiocarbonyl (C=S) groups is 1. The summed E-state index contributed by atoms with van der Waals surface area (Å²) in [4.78, 5) is 11.6. The molecule has 0 fully saturated rings. The molecule has 16 heavy (non-hydrogen) atoms. The minimum Gasteiger partial charge on any atom is -0.479 e. The summed E-state index contributed by atoms with van der Waals surface area (Å²) in [6.07, 6.45) is 0. The first-order valence-electron chi connectivity index (χ1n) is 4.42. The molecule has 0 unspecified atom stereocenters. The van der Waals surface area contributed by atoms with E-state index < -0.39 is 5.97 Å². The Morgan fingerprint density at radius 2 is 2.31 bits per heavy atom. The third-order valence-electron chi connectivity index (χ3n) is 1.63. The van der Waals surface area contributed by atoms with E-state index in [4.69, 9.17) is 22.1 Å². The normalized spacial score (nSPS) is 9.88. The maximum atomic E-state index is 10.8. The highest BCUT2D eigenvalue weighted by atomic mass is 79.9. The molecule has 0 spiro atoms. The van der Waals surface area contributed by atoms with E-state index in [1.807, 2.05) is 6.92 Å². The highest BCUT2D eigenvalue weighted by Gasteiger charge is 2.09. The van der Waals surface area contributed by atoms with Crippen LogP contribution < -0.4 is 0 Å². The molecule has 1 rings (SSSR count). The van der Waals surface area contributed by atoms with Crippen molar-refractivity contribution < 1.29 is 14.6 Å². The number of thioether (sulfide) groups is 1. The van der Waals surface area contributed by atoms with Crippen LogP contribution in [0.15, 0.2) is 27.6 Å². The second-order valence-electron chi connectivity index (χ2n) is 2.73. The molecule has 0 atom stereocenters. The van der Waals surface area contributed by atoms with Crippen LogP contribution in [0.25, 0.3) is 0 Å². The molecule has 86 valence electrons. The van der Waals surface area contributed by atoms with E-state index in [0.717, 1.165) is 4.90 Å². The summed E-state index contributed by atoms with van der Waals surface area (Å²) in [5, 5.41) is 8.84. The average Bonchev–Trinajstić information content (AvgIpc) is 2.17. The van der Waals surface area contributed by atoms with Crippen molar-refractivity contribution in [3.05, 3.63) is 28.2 Å². The zero-order valence-electron chi connectivity index (χ0n) is 8.40. The van der Waals surface area contributed by atoms with Crippen LogP contribution in [0.3, 0.4) is 0 Å². The van der Waals surface area contributed by atoms with Gasteiger partial charge >= 0.3 is 5.97 Å². The van der Waals surface area contributed by atoms with Gasteiger partial charge in [-0.25, -0.2) is 4.79 Å². The highest BCUT2D eigenvalue weighted by Crippen LogP contribution is 2.26. The molecule has 0 radical (unpaired) electrons. The summed E-state index contributed by atoms with van der Waals surface area (Å²) in [5.41, 5.74) is 0.228. The first-order chi connectivity index (χ1) is 7.54. The molecule has 3 nitrogen and oxygen atoms in total. The monoisotopic (exact) mass is 320 g/mol. The summed E-state index contributed by atoms with van der Waals surface area (Å²) in [6, 6.07) is 4.94. The van der Waals surface area contributed by atoms with Crippen LogP contribution in [0.1, 0.15) is 17.3 Å². The van der Waals surface area contributed by atoms with E-state index in [-0.39, 0.29) is 5.56 Å². The summed E-state index contributed by atoms with van der Waals surface area (Å²) in [5.74, 6) is -0.962. The Hall–Kier alpha value is -0.590. The lowest BCUT2D eigenvalue weighted by Gasteiger charge is -2.05. The van der Waals surface area contributed by atoms with Crippen LogP contribution in [0, 0.1) is 0 Å². The Morgan fingerprint density at radius 3 is 2.81 bits per heavy atom. The first-order valence-corrected chi connectivity index (χ1v) is 6.43. The summed E-state index contributed by atoms with van der Waals surface area (Å²) in [7, 11) is 0. The number of benzene rings is 1. The van der Waals surface area contributed by atoms with Crippen LogP contribution in [0.2, 0.25) is 0 Å². The molecule has 0 aliphatic carbocycles. The number of hydrogen-bond donors (Lipinski definition) is 1. The van der Waals surface area contributed by atoms with Gasteiger partial charge in [0.1, 0.15) is 0 Å². The number of carbonyl (C=O) groups is 1. The van der Waals surface area contributed by atoms with Gasteiger partial charge in [-0.1, -0.05) is 0 Å². The molecule has 0 aromatic heterocycles. The number of hydrogen-bond acceptors (Lipinski definition) is 4. The molecule has 1 N–H and O–H groups in total.